The Hall–Kier alpha value is -1.63. The molecule has 0 radical (unpaired) electrons. The molecule has 24 heavy (non-hydrogen) atoms. The molecular weight excluding hydrogens is 333 g/mol. The van der Waals surface area contributed by atoms with E-state index in [1.165, 1.54) is 25.3 Å². The summed E-state index contributed by atoms with van der Waals surface area (Å²) in [6.45, 7) is 1.71. The number of sulfone groups is 1. The number of methoxy groups -OCH3 is 1. The van der Waals surface area contributed by atoms with Gasteiger partial charge in [0, 0.05) is 12.0 Å². The predicted octanol–water partition coefficient (Wildman–Crippen LogP) is 2.76. The van der Waals surface area contributed by atoms with E-state index in [4.69, 9.17) is 4.74 Å². The molecule has 0 spiro atoms. The molecule has 0 bridgehead atoms. The van der Waals surface area contributed by atoms with Crippen molar-refractivity contribution < 1.29 is 22.3 Å². The SMILES string of the molecule is COc1ccc(F)cc1[C@H](C)NC(=O)CCS(=O)(=O)C1CCCC1. The zero-order valence-electron chi connectivity index (χ0n) is 14.0. The van der Waals surface area contributed by atoms with Gasteiger partial charge in [-0.1, -0.05) is 12.8 Å². The molecule has 5 nitrogen and oxygen atoms in total. The number of carbonyl (C=O) groups is 1. The van der Waals surface area contributed by atoms with Crippen LogP contribution in [0.4, 0.5) is 4.39 Å². The second-order valence-electron chi connectivity index (χ2n) is 6.20. The third-order valence-corrected chi connectivity index (χ3v) is 6.72. The van der Waals surface area contributed by atoms with Crippen molar-refractivity contribution in [2.75, 3.05) is 12.9 Å². The molecule has 1 atom stereocenters. The molecule has 1 aromatic carbocycles. The highest BCUT2D eigenvalue weighted by Gasteiger charge is 2.29. The summed E-state index contributed by atoms with van der Waals surface area (Å²) in [6.07, 6.45) is 3.18. The maximum Gasteiger partial charge on any atom is 0.221 e. The Labute approximate surface area is 142 Å². The van der Waals surface area contributed by atoms with Gasteiger partial charge in [-0.3, -0.25) is 4.79 Å². The monoisotopic (exact) mass is 357 g/mol. The van der Waals surface area contributed by atoms with E-state index in [1.54, 1.807) is 6.92 Å². The second-order valence-corrected chi connectivity index (χ2v) is 8.60. The molecule has 0 aromatic heterocycles. The van der Waals surface area contributed by atoms with Crippen LogP contribution in [-0.4, -0.2) is 32.4 Å². The summed E-state index contributed by atoms with van der Waals surface area (Å²) >= 11 is 0. The highest BCUT2D eigenvalue weighted by Crippen LogP contribution is 2.27. The molecule has 1 N–H and O–H groups in total. The standard InChI is InChI=1S/C17H24FNO4S/c1-12(15-11-13(18)7-8-16(15)23-2)19-17(20)9-10-24(21,22)14-5-3-4-6-14/h7-8,11-12,14H,3-6,9-10H2,1-2H3,(H,19,20)/t12-/m0/s1. The van der Waals surface area contributed by atoms with Gasteiger partial charge < -0.3 is 10.1 Å². The Morgan fingerprint density at radius 1 is 1.38 bits per heavy atom. The maximum atomic E-state index is 13.4. The summed E-state index contributed by atoms with van der Waals surface area (Å²) in [6, 6.07) is 3.61. The molecule has 0 heterocycles. The van der Waals surface area contributed by atoms with Crippen molar-refractivity contribution in [2.45, 2.75) is 50.3 Å². The Kier molecular flexibility index (Phi) is 6.21. The summed E-state index contributed by atoms with van der Waals surface area (Å²) < 4.78 is 43.0. The first-order chi connectivity index (χ1) is 11.3. The van der Waals surface area contributed by atoms with Gasteiger partial charge in [-0.15, -0.1) is 0 Å². The molecule has 1 aliphatic carbocycles. The Balaban J connectivity index is 1.93. The third kappa shape index (κ3) is 4.69. The predicted molar refractivity (Wildman–Crippen MR) is 90.2 cm³/mol. The lowest BCUT2D eigenvalue weighted by Crippen LogP contribution is -2.30. The van der Waals surface area contributed by atoms with Crippen molar-refractivity contribution in [2.24, 2.45) is 0 Å². The highest BCUT2D eigenvalue weighted by molar-refractivity contribution is 7.92. The molecule has 1 fully saturated rings. The maximum absolute atomic E-state index is 13.4. The number of hydrogen-bond donors (Lipinski definition) is 1. The van der Waals surface area contributed by atoms with E-state index >= 15 is 0 Å². The van der Waals surface area contributed by atoms with Crippen LogP contribution in [0, 0.1) is 5.82 Å². The Morgan fingerprint density at radius 3 is 2.67 bits per heavy atom. The topological polar surface area (TPSA) is 72.5 Å². The molecule has 1 saturated carbocycles. The summed E-state index contributed by atoms with van der Waals surface area (Å²) in [4.78, 5) is 12.1. The lowest BCUT2D eigenvalue weighted by atomic mass is 10.1. The number of carbonyl (C=O) groups excluding carboxylic acids is 1. The lowest BCUT2D eigenvalue weighted by Gasteiger charge is -2.18. The van der Waals surface area contributed by atoms with Gasteiger partial charge in [0.15, 0.2) is 9.84 Å². The number of benzene rings is 1. The number of rotatable bonds is 7. The molecule has 2 rings (SSSR count). The molecule has 1 aliphatic rings. The third-order valence-electron chi connectivity index (χ3n) is 4.46. The number of hydrogen-bond acceptors (Lipinski definition) is 4. The molecule has 1 aromatic rings. The molecule has 1 amide bonds. The highest BCUT2D eigenvalue weighted by atomic mass is 32.2. The van der Waals surface area contributed by atoms with Gasteiger partial charge >= 0.3 is 0 Å². The quantitative estimate of drug-likeness (QED) is 0.814. The Morgan fingerprint density at radius 2 is 2.04 bits per heavy atom. The summed E-state index contributed by atoms with van der Waals surface area (Å²) in [5.41, 5.74) is 0.518. The van der Waals surface area contributed by atoms with Crippen LogP contribution in [0.25, 0.3) is 0 Å². The first-order valence-corrected chi connectivity index (χ1v) is 9.89. The van der Waals surface area contributed by atoms with Gasteiger partial charge in [0.2, 0.25) is 5.91 Å². The molecule has 0 unspecified atom stereocenters. The van der Waals surface area contributed by atoms with Gasteiger partial charge in [0.1, 0.15) is 11.6 Å². The van der Waals surface area contributed by atoms with Gasteiger partial charge in [-0.2, -0.15) is 0 Å². The van der Waals surface area contributed by atoms with Crippen LogP contribution < -0.4 is 10.1 Å². The van der Waals surface area contributed by atoms with E-state index in [0.717, 1.165) is 12.8 Å². The molecular formula is C17H24FNO4S. The summed E-state index contributed by atoms with van der Waals surface area (Å²) in [5.74, 6) is -0.454. The van der Waals surface area contributed by atoms with Crippen LogP contribution in [0.1, 0.15) is 50.6 Å². The average Bonchev–Trinajstić information content (AvgIpc) is 3.08. The number of nitrogens with one attached hydrogen (secondary N) is 1. The minimum absolute atomic E-state index is 0.0825. The molecule has 0 aliphatic heterocycles. The lowest BCUT2D eigenvalue weighted by molar-refractivity contribution is -0.121. The fourth-order valence-corrected chi connectivity index (χ4v) is 4.94. The van der Waals surface area contributed by atoms with E-state index in [-0.39, 0.29) is 23.3 Å². The summed E-state index contributed by atoms with van der Waals surface area (Å²) in [5, 5.41) is 2.41. The zero-order valence-corrected chi connectivity index (χ0v) is 14.9. The fraction of sp³-hybridized carbons (Fsp3) is 0.588. The van der Waals surface area contributed by atoms with Crippen LogP contribution in [-0.2, 0) is 14.6 Å². The minimum Gasteiger partial charge on any atom is -0.496 e. The van der Waals surface area contributed by atoms with E-state index in [9.17, 15) is 17.6 Å². The van der Waals surface area contributed by atoms with Crippen molar-refractivity contribution in [1.82, 2.24) is 5.32 Å². The van der Waals surface area contributed by atoms with Crippen LogP contribution in [0.5, 0.6) is 5.75 Å². The van der Waals surface area contributed by atoms with Gasteiger partial charge in [0.25, 0.3) is 0 Å². The van der Waals surface area contributed by atoms with Gasteiger partial charge in [0.05, 0.1) is 24.2 Å². The zero-order chi connectivity index (χ0) is 17.7. The number of halogens is 1. The van der Waals surface area contributed by atoms with E-state index in [1.807, 2.05) is 0 Å². The van der Waals surface area contributed by atoms with Crippen LogP contribution in [0.15, 0.2) is 18.2 Å². The smallest absolute Gasteiger partial charge is 0.221 e. The van der Waals surface area contributed by atoms with Crippen molar-refractivity contribution in [3.05, 3.63) is 29.6 Å². The van der Waals surface area contributed by atoms with Crippen LogP contribution in [0.3, 0.4) is 0 Å². The van der Waals surface area contributed by atoms with E-state index < -0.39 is 21.7 Å². The van der Waals surface area contributed by atoms with Gasteiger partial charge in [-0.05, 0) is 38.0 Å². The van der Waals surface area contributed by atoms with Gasteiger partial charge in [-0.25, -0.2) is 12.8 Å². The van der Waals surface area contributed by atoms with E-state index in [2.05, 4.69) is 5.32 Å². The number of amides is 1. The van der Waals surface area contributed by atoms with Crippen molar-refractivity contribution in [3.63, 3.8) is 0 Å². The molecule has 134 valence electrons. The minimum atomic E-state index is -3.22. The second kappa shape index (κ2) is 7.96. The Bertz CT molecular complexity index is 684. The largest absolute Gasteiger partial charge is 0.496 e. The average molecular weight is 357 g/mol. The van der Waals surface area contributed by atoms with Crippen LogP contribution >= 0.6 is 0 Å². The first kappa shape index (κ1) is 18.7. The summed E-state index contributed by atoms with van der Waals surface area (Å²) in [7, 11) is -1.75. The van der Waals surface area contributed by atoms with Crippen molar-refractivity contribution in [3.8, 4) is 5.75 Å². The fourth-order valence-electron chi connectivity index (χ4n) is 3.08. The first-order valence-electron chi connectivity index (χ1n) is 8.18. The molecule has 0 saturated heterocycles. The van der Waals surface area contributed by atoms with Crippen molar-refractivity contribution >= 4 is 15.7 Å². The normalized spacial score (nSPS) is 16.8. The number of ether oxygens (including phenoxy) is 1. The van der Waals surface area contributed by atoms with E-state index in [0.29, 0.717) is 24.2 Å². The van der Waals surface area contributed by atoms with Crippen molar-refractivity contribution in [1.29, 1.82) is 0 Å². The van der Waals surface area contributed by atoms with Crippen LogP contribution in [0.2, 0.25) is 0 Å². The molecule has 7 heteroatoms.